The molecule has 0 heterocycles. The van der Waals surface area contributed by atoms with E-state index in [1.807, 2.05) is 54.6 Å². The minimum absolute atomic E-state index is 0.0636. The zero-order valence-electron chi connectivity index (χ0n) is 16.5. The summed E-state index contributed by atoms with van der Waals surface area (Å²) < 4.78 is 10.4. The smallest absolute Gasteiger partial charge is 0.340 e. The molecule has 0 aliphatic rings. The summed E-state index contributed by atoms with van der Waals surface area (Å²) in [6.07, 6.45) is 0. The van der Waals surface area contributed by atoms with Crippen molar-refractivity contribution in [3.63, 3.8) is 0 Å². The molecule has 154 valence electrons. The number of non-ortho nitro benzene ring substituents is 1. The molecule has 30 heavy (non-hydrogen) atoms. The van der Waals surface area contributed by atoms with Crippen molar-refractivity contribution in [3.8, 4) is 11.1 Å². The second kappa shape index (κ2) is 10.2. The van der Waals surface area contributed by atoms with Crippen LogP contribution in [-0.2, 0) is 16.1 Å². The number of hydrogen-bond donors (Lipinski definition) is 1. The van der Waals surface area contributed by atoms with Crippen molar-refractivity contribution in [2.24, 2.45) is 0 Å². The Balaban J connectivity index is 1.70. The van der Waals surface area contributed by atoms with Crippen LogP contribution in [0.2, 0.25) is 0 Å². The first kappa shape index (κ1) is 21.0. The van der Waals surface area contributed by atoms with Crippen molar-refractivity contribution in [2.75, 3.05) is 25.6 Å². The zero-order valence-corrected chi connectivity index (χ0v) is 16.5. The normalized spacial score (nSPS) is 10.4. The van der Waals surface area contributed by atoms with Crippen LogP contribution in [0.3, 0.4) is 0 Å². The number of nitrogens with zero attached hydrogens (tertiary/aromatic N) is 1. The molecule has 0 aromatic heterocycles. The van der Waals surface area contributed by atoms with Crippen LogP contribution in [0.1, 0.15) is 15.9 Å². The average Bonchev–Trinajstić information content (AvgIpc) is 2.78. The maximum atomic E-state index is 12.6. The summed E-state index contributed by atoms with van der Waals surface area (Å²) in [6.45, 7) is 0.947. The van der Waals surface area contributed by atoms with Crippen molar-refractivity contribution in [1.82, 2.24) is 0 Å². The molecule has 0 spiro atoms. The first-order chi connectivity index (χ1) is 14.6. The molecular formula is C23H22N2O5. The minimum atomic E-state index is -0.634. The molecule has 0 atom stereocenters. The van der Waals surface area contributed by atoms with Crippen LogP contribution in [0.4, 0.5) is 11.4 Å². The Bertz CT molecular complexity index is 1000. The second-order valence-electron chi connectivity index (χ2n) is 6.55. The third-order valence-electron chi connectivity index (χ3n) is 4.49. The van der Waals surface area contributed by atoms with Gasteiger partial charge in [-0.1, -0.05) is 54.6 Å². The second-order valence-corrected chi connectivity index (χ2v) is 6.55. The summed E-state index contributed by atoms with van der Waals surface area (Å²) in [6, 6.07) is 21.7. The number of methoxy groups -OCH3 is 1. The monoisotopic (exact) mass is 406 g/mol. The predicted molar refractivity (Wildman–Crippen MR) is 114 cm³/mol. The topological polar surface area (TPSA) is 90.7 Å². The van der Waals surface area contributed by atoms with E-state index in [0.717, 1.165) is 16.7 Å². The number of benzene rings is 3. The van der Waals surface area contributed by atoms with E-state index in [2.05, 4.69) is 5.32 Å². The number of carbonyl (C=O) groups excluding carboxylic acids is 1. The van der Waals surface area contributed by atoms with Crippen molar-refractivity contribution < 1.29 is 19.2 Å². The number of nitrogens with one attached hydrogen (secondary N) is 1. The summed E-state index contributed by atoms with van der Waals surface area (Å²) >= 11 is 0. The van der Waals surface area contributed by atoms with Crippen molar-refractivity contribution in [2.45, 2.75) is 6.61 Å². The van der Waals surface area contributed by atoms with Crippen molar-refractivity contribution in [1.29, 1.82) is 0 Å². The Labute approximate surface area is 174 Å². The van der Waals surface area contributed by atoms with Gasteiger partial charge in [-0.15, -0.1) is 0 Å². The van der Waals surface area contributed by atoms with Gasteiger partial charge in [-0.25, -0.2) is 4.79 Å². The molecule has 3 aromatic carbocycles. The first-order valence-corrected chi connectivity index (χ1v) is 9.41. The fourth-order valence-electron chi connectivity index (χ4n) is 2.91. The highest BCUT2D eigenvalue weighted by molar-refractivity contribution is 5.96. The summed E-state index contributed by atoms with van der Waals surface area (Å²) in [4.78, 5) is 23.2. The highest BCUT2D eigenvalue weighted by atomic mass is 16.6. The lowest BCUT2D eigenvalue weighted by molar-refractivity contribution is -0.384. The molecule has 0 unspecified atom stereocenters. The van der Waals surface area contributed by atoms with E-state index in [1.165, 1.54) is 18.2 Å². The van der Waals surface area contributed by atoms with Gasteiger partial charge in [-0.2, -0.15) is 0 Å². The SMILES string of the molecule is COCCNc1ccc([N+](=O)[O-])cc1C(=O)OCc1ccc(-c2ccccc2)cc1. The summed E-state index contributed by atoms with van der Waals surface area (Å²) in [5.41, 5.74) is 3.38. The number of esters is 1. The van der Waals surface area contributed by atoms with Crippen LogP contribution in [0.25, 0.3) is 11.1 Å². The number of carbonyl (C=O) groups is 1. The largest absolute Gasteiger partial charge is 0.457 e. The molecule has 0 radical (unpaired) electrons. The van der Waals surface area contributed by atoms with E-state index in [9.17, 15) is 14.9 Å². The Morgan fingerprint density at radius 1 is 1.00 bits per heavy atom. The first-order valence-electron chi connectivity index (χ1n) is 9.41. The molecule has 1 N–H and O–H groups in total. The van der Waals surface area contributed by atoms with E-state index < -0.39 is 10.9 Å². The van der Waals surface area contributed by atoms with Gasteiger partial charge in [0.15, 0.2) is 0 Å². The van der Waals surface area contributed by atoms with Crippen molar-refractivity contribution in [3.05, 3.63) is 94.0 Å². The third kappa shape index (κ3) is 5.42. The van der Waals surface area contributed by atoms with Crippen LogP contribution in [0.5, 0.6) is 0 Å². The number of nitro benzene ring substituents is 1. The Kier molecular flexibility index (Phi) is 7.13. The maximum absolute atomic E-state index is 12.6. The molecule has 0 bridgehead atoms. The van der Waals surface area contributed by atoms with E-state index in [-0.39, 0.29) is 17.9 Å². The van der Waals surface area contributed by atoms with Crippen LogP contribution in [0, 0.1) is 10.1 Å². The van der Waals surface area contributed by atoms with E-state index in [4.69, 9.17) is 9.47 Å². The lowest BCUT2D eigenvalue weighted by atomic mass is 10.0. The highest BCUT2D eigenvalue weighted by Crippen LogP contribution is 2.24. The standard InChI is InChI=1S/C23H22N2O5/c1-29-14-13-24-22-12-11-20(25(27)28)15-21(22)23(26)30-16-17-7-9-19(10-8-17)18-5-3-2-4-6-18/h2-12,15,24H,13-14,16H2,1H3. The lowest BCUT2D eigenvalue weighted by Crippen LogP contribution is -2.13. The lowest BCUT2D eigenvalue weighted by Gasteiger charge is -2.12. The number of nitro groups is 1. The summed E-state index contributed by atoms with van der Waals surface area (Å²) in [7, 11) is 1.57. The minimum Gasteiger partial charge on any atom is -0.457 e. The van der Waals surface area contributed by atoms with Gasteiger partial charge in [0, 0.05) is 31.5 Å². The molecule has 0 aliphatic carbocycles. The van der Waals surface area contributed by atoms with Gasteiger partial charge in [0.05, 0.1) is 17.1 Å². The van der Waals surface area contributed by atoms with Gasteiger partial charge in [0.2, 0.25) is 0 Å². The molecule has 0 saturated carbocycles. The van der Waals surface area contributed by atoms with Crippen LogP contribution >= 0.6 is 0 Å². The Morgan fingerprint density at radius 3 is 2.37 bits per heavy atom. The van der Waals surface area contributed by atoms with E-state index in [0.29, 0.717) is 18.8 Å². The molecule has 3 aromatic rings. The average molecular weight is 406 g/mol. The van der Waals surface area contributed by atoms with E-state index in [1.54, 1.807) is 7.11 Å². The van der Waals surface area contributed by atoms with Gasteiger partial charge < -0.3 is 14.8 Å². The summed E-state index contributed by atoms with van der Waals surface area (Å²) in [5, 5.41) is 14.1. The van der Waals surface area contributed by atoms with Gasteiger partial charge in [-0.3, -0.25) is 10.1 Å². The number of hydrogen-bond acceptors (Lipinski definition) is 6. The van der Waals surface area contributed by atoms with Gasteiger partial charge in [-0.05, 0) is 22.8 Å². The fraction of sp³-hybridized carbons (Fsp3) is 0.174. The van der Waals surface area contributed by atoms with Gasteiger partial charge in [0.1, 0.15) is 6.61 Å². The molecule has 0 aliphatic heterocycles. The molecular weight excluding hydrogens is 384 g/mol. The molecule has 0 saturated heterocycles. The predicted octanol–water partition coefficient (Wildman–Crippen LogP) is 4.68. The third-order valence-corrected chi connectivity index (χ3v) is 4.49. The molecule has 0 fully saturated rings. The van der Waals surface area contributed by atoms with Gasteiger partial charge >= 0.3 is 5.97 Å². The number of ether oxygens (including phenoxy) is 2. The quantitative estimate of drug-likeness (QED) is 0.240. The van der Waals surface area contributed by atoms with Gasteiger partial charge in [0.25, 0.3) is 5.69 Å². The van der Waals surface area contributed by atoms with Crippen LogP contribution in [0.15, 0.2) is 72.8 Å². The Morgan fingerprint density at radius 2 is 1.70 bits per heavy atom. The van der Waals surface area contributed by atoms with E-state index >= 15 is 0 Å². The molecule has 0 amide bonds. The van der Waals surface area contributed by atoms with Crippen molar-refractivity contribution >= 4 is 17.3 Å². The Hall–Kier alpha value is -3.71. The van der Waals surface area contributed by atoms with Crippen LogP contribution < -0.4 is 5.32 Å². The zero-order chi connectivity index (χ0) is 21.3. The molecule has 7 heteroatoms. The summed E-state index contributed by atoms with van der Waals surface area (Å²) in [5.74, 6) is -0.634. The fourth-order valence-corrected chi connectivity index (χ4v) is 2.91. The number of rotatable bonds is 9. The number of anilines is 1. The maximum Gasteiger partial charge on any atom is 0.340 e. The highest BCUT2D eigenvalue weighted by Gasteiger charge is 2.18. The molecule has 7 nitrogen and oxygen atoms in total. The molecule has 3 rings (SSSR count). The van der Waals surface area contributed by atoms with Crippen LogP contribution in [-0.4, -0.2) is 31.2 Å².